The topological polar surface area (TPSA) is 20.2 Å². The smallest absolute Gasteiger partial charge is 0.0620 e. The number of hydrogen-bond acceptors (Lipinski definition) is 0. The lowest BCUT2D eigenvalue weighted by atomic mass is 9.86. The van der Waals surface area contributed by atoms with E-state index in [0.29, 0.717) is 0 Å². The van der Waals surface area contributed by atoms with Crippen molar-refractivity contribution in [1.29, 1.82) is 0 Å². The van der Waals surface area contributed by atoms with Gasteiger partial charge in [0, 0.05) is 42.3 Å². The SMILES string of the molecule is CC(C)(C)c1cc(Br)c2[nH]c3cc4c(cc3c2c1)c1cc(-c2ccccc2)cc2c3cc(-c5ccccc5)ccc3n4c21. The van der Waals surface area contributed by atoms with Gasteiger partial charge in [0.05, 0.1) is 22.1 Å². The van der Waals surface area contributed by atoms with Crippen molar-refractivity contribution < 1.29 is 0 Å². The molecule has 206 valence electrons. The van der Waals surface area contributed by atoms with Crippen LogP contribution in [-0.4, -0.2) is 9.38 Å². The average Bonchev–Trinajstić information content (AvgIpc) is 3.66. The van der Waals surface area contributed by atoms with Gasteiger partial charge in [0.15, 0.2) is 0 Å². The maximum Gasteiger partial charge on any atom is 0.0620 e. The van der Waals surface area contributed by atoms with E-state index in [2.05, 4.69) is 161 Å². The molecule has 9 rings (SSSR count). The van der Waals surface area contributed by atoms with Crippen LogP contribution in [0.25, 0.3) is 82.2 Å². The van der Waals surface area contributed by atoms with Crippen LogP contribution in [0.1, 0.15) is 26.3 Å². The summed E-state index contributed by atoms with van der Waals surface area (Å²) < 4.78 is 3.60. The molecule has 0 aliphatic heterocycles. The van der Waals surface area contributed by atoms with Crippen molar-refractivity contribution in [3.63, 3.8) is 0 Å². The Balaban J connectivity index is 1.43. The van der Waals surface area contributed by atoms with E-state index < -0.39 is 0 Å². The molecule has 0 unspecified atom stereocenters. The predicted octanol–water partition coefficient (Wildman–Crippen LogP) is 11.9. The molecule has 0 saturated heterocycles. The number of fused-ring (bicyclic) bond motifs is 9. The summed E-state index contributed by atoms with van der Waals surface area (Å²) in [6.45, 7) is 6.84. The highest BCUT2D eigenvalue weighted by Crippen LogP contribution is 2.45. The van der Waals surface area contributed by atoms with Gasteiger partial charge in [-0.1, -0.05) is 87.5 Å². The number of halogens is 1. The molecule has 3 aromatic heterocycles. The molecule has 3 heteroatoms. The fourth-order valence-electron chi connectivity index (χ4n) is 7.04. The van der Waals surface area contributed by atoms with Crippen molar-refractivity contribution in [3.05, 3.63) is 125 Å². The minimum absolute atomic E-state index is 0.0586. The van der Waals surface area contributed by atoms with Gasteiger partial charge >= 0.3 is 0 Å². The van der Waals surface area contributed by atoms with E-state index >= 15 is 0 Å². The summed E-state index contributed by atoms with van der Waals surface area (Å²) in [7, 11) is 0. The first-order valence-electron chi connectivity index (χ1n) is 14.9. The first-order chi connectivity index (χ1) is 20.8. The highest BCUT2D eigenvalue weighted by molar-refractivity contribution is 9.10. The molecule has 0 aliphatic carbocycles. The second kappa shape index (κ2) is 8.72. The number of benzene rings is 6. The van der Waals surface area contributed by atoms with Crippen molar-refractivity contribution in [2.75, 3.05) is 0 Å². The number of H-pyrrole nitrogens is 1. The molecular weight excluding hydrogens is 588 g/mol. The minimum atomic E-state index is 0.0586. The normalized spacial score (nSPS) is 12.7. The first-order valence-corrected chi connectivity index (χ1v) is 15.7. The third-order valence-corrected chi connectivity index (χ3v) is 9.87. The number of aromatic nitrogens is 2. The van der Waals surface area contributed by atoms with Crippen LogP contribution in [0, 0.1) is 0 Å². The molecular formula is C40H29BrN2. The van der Waals surface area contributed by atoms with Crippen LogP contribution >= 0.6 is 15.9 Å². The van der Waals surface area contributed by atoms with E-state index in [9.17, 15) is 0 Å². The maximum atomic E-state index is 3.89. The van der Waals surface area contributed by atoms with Gasteiger partial charge < -0.3 is 9.38 Å². The van der Waals surface area contributed by atoms with Crippen LogP contribution in [-0.2, 0) is 5.41 Å². The van der Waals surface area contributed by atoms with E-state index in [4.69, 9.17) is 0 Å². The second-order valence-corrected chi connectivity index (χ2v) is 13.7. The van der Waals surface area contributed by atoms with Crippen LogP contribution < -0.4 is 0 Å². The summed E-state index contributed by atoms with van der Waals surface area (Å²) in [5.74, 6) is 0. The summed E-state index contributed by atoms with van der Waals surface area (Å²) in [5.41, 5.74) is 12.4. The van der Waals surface area contributed by atoms with Crippen molar-refractivity contribution in [2.24, 2.45) is 0 Å². The molecule has 0 radical (unpaired) electrons. The van der Waals surface area contributed by atoms with E-state index in [0.717, 1.165) is 15.5 Å². The Morgan fingerprint density at radius 3 is 1.84 bits per heavy atom. The lowest BCUT2D eigenvalue weighted by molar-refractivity contribution is 0.591. The van der Waals surface area contributed by atoms with E-state index in [1.165, 1.54) is 76.7 Å². The number of rotatable bonds is 2. The van der Waals surface area contributed by atoms with Gasteiger partial charge in [-0.15, -0.1) is 0 Å². The molecule has 0 bridgehead atoms. The molecule has 0 spiro atoms. The van der Waals surface area contributed by atoms with Gasteiger partial charge in [-0.3, -0.25) is 0 Å². The Kier molecular flexibility index (Phi) is 5.06. The highest BCUT2D eigenvalue weighted by Gasteiger charge is 2.22. The average molecular weight is 618 g/mol. The molecule has 6 aromatic carbocycles. The molecule has 43 heavy (non-hydrogen) atoms. The number of hydrogen-bond donors (Lipinski definition) is 1. The van der Waals surface area contributed by atoms with Gasteiger partial charge in [-0.05, 0) is 97.7 Å². The predicted molar refractivity (Wildman–Crippen MR) is 188 cm³/mol. The summed E-state index contributed by atoms with van der Waals surface area (Å²) in [6.07, 6.45) is 0. The van der Waals surface area contributed by atoms with Crippen LogP contribution in [0.4, 0.5) is 0 Å². The molecule has 0 aliphatic rings. The zero-order valence-corrected chi connectivity index (χ0v) is 25.9. The third-order valence-electron chi connectivity index (χ3n) is 9.25. The summed E-state index contributed by atoms with van der Waals surface area (Å²) in [4.78, 5) is 3.76. The summed E-state index contributed by atoms with van der Waals surface area (Å²) >= 11 is 3.89. The molecule has 2 nitrogen and oxygen atoms in total. The maximum absolute atomic E-state index is 3.89. The monoisotopic (exact) mass is 616 g/mol. The molecule has 3 heterocycles. The Bertz CT molecular complexity index is 2530. The Morgan fingerprint density at radius 1 is 0.535 bits per heavy atom. The van der Waals surface area contributed by atoms with Crippen molar-refractivity contribution in [1.82, 2.24) is 9.38 Å². The highest BCUT2D eigenvalue weighted by atomic mass is 79.9. The number of aromatic amines is 1. The van der Waals surface area contributed by atoms with Gasteiger partial charge in [0.25, 0.3) is 0 Å². The zero-order chi connectivity index (χ0) is 29.0. The van der Waals surface area contributed by atoms with Gasteiger partial charge in [-0.2, -0.15) is 0 Å². The van der Waals surface area contributed by atoms with Crippen LogP contribution in [0.5, 0.6) is 0 Å². The molecule has 0 fully saturated rings. The molecule has 0 saturated carbocycles. The van der Waals surface area contributed by atoms with Gasteiger partial charge in [-0.25, -0.2) is 0 Å². The Labute approximate surface area is 258 Å². The van der Waals surface area contributed by atoms with Crippen molar-refractivity contribution >= 4 is 75.8 Å². The lowest BCUT2D eigenvalue weighted by Crippen LogP contribution is -2.10. The quantitative estimate of drug-likeness (QED) is 0.199. The Morgan fingerprint density at radius 2 is 1.16 bits per heavy atom. The van der Waals surface area contributed by atoms with Gasteiger partial charge in [0.1, 0.15) is 0 Å². The van der Waals surface area contributed by atoms with Crippen LogP contribution in [0.2, 0.25) is 0 Å². The van der Waals surface area contributed by atoms with Crippen molar-refractivity contribution in [3.8, 4) is 22.3 Å². The number of nitrogens with zero attached hydrogens (tertiary/aromatic N) is 1. The summed E-state index contributed by atoms with van der Waals surface area (Å²) in [5, 5.41) is 7.70. The molecule has 0 amide bonds. The fraction of sp³-hybridized carbons (Fsp3) is 0.100. The number of nitrogens with one attached hydrogen (secondary N) is 1. The minimum Gasteiger partial charge on any atom is -0.354 e. The van der Waals surface area contributed by atoms with E-state index in [1.807, 2.05) is 0 Å². The van der Waals surface area contributed by atoms with E-state index in [1.54, 1.807) is 0 Å². The zero-order valence-electron chi connectivity index (χ0n) is 24.3. The van der Waals surface area contributed by atoms with E-state index in [-0.39, 0.29) is 5.41 Å². The molecule has 0 atom stereocenters. The van der Waals surface area contributed by atoms with Crippen molar-refractivity contribution in [2.45, 2.75) is 26.2 Å². The molecule has 9 aromatic rings. The Hall–Kier alpha value is -4.60. The first kappa shape index (κ1) is 24.9. The lowest BCUT2D eigenvalue weighted by Gasteiger charge is -2.19. The van der Waals surface area contributed by atoms with Gasteiger partial charge in [0.2, 0.25) is 0 Å². The van der Waals surface area contributed by atoms with Crippen LogP contribution in [0.15, 0.2) is 120 Å². The summed E-state index contributed by atoms with van der Waals surface area (Å²) in [6, 6.07) is 42.6. The largest absolute Gasteiger partial charge is 0.354 e. The van der Waals surface area contributed by atoms with Crippen LogP contribution in [0.3, 0.4) is 0 Å². The standard InChI is InChI=1S/C40H29BrN2/c1-40(2,3)27-19-31-28-21-30-33-18-26(24-12-8-5-9-13-24)17-32-29-16-25(23-10-6-4-7-11-23)14-15-36(29)43(39(32)33)37(30)22-35(28)42-38(31)34(41)20-27/h4-22,42H,1-3H3. The molecule has 1 N–H and O–H groups in total. The third kappa shape index (κ3) is 3.58. The fourth-order valence-corrected chi connectivity index (χ4v) is 7.60. The second-order valence-electron chi connectivity index (χ2n) is 12.9.